The van der Waals surface area contributed by atoms with E-state index in [1.54, 1.807) is 0 Å². The van der Waals surface area contributed by atoms with E-state index in [1.165, 1.54) is 17.2 Å². The molecular formula is C26H28N6O5. The standard InChI is InChI=1S/C26H28N6O5/c33-11-19-21(34)22(35)26(37-19)32-13-30-20-23(28-12-29-24(20)32)31-17-7-3-15(4-8-17)10-27-25(36)18-9-14-1-5-16(18)6-2-14/h1,3-5,7-9,12-14,16,19,21-22,26,33-35H,2,6,10-11H2,(H,27,36)(H,28,29,31)/t14?,16?,19-,21-,22-,26-/m1/s1. The van der Waals surface area contributed by atoms with Crippen LogP contribution in [0.25, 0.3) is 11.2 Å². The monoisotopic (exact) mass is 504 g/mol. The first-order chi connectivity index (χ1) is 18.0. The summed E-state index contributed by atoms with van der Waals surface area (Å²) in [5.74, 6) is 1.07. The molecule has 11 nitrogen and oxygen atoms in total. The highest BCUT2D eigenvalue weighted by atomic mass is 16.6. The lowest BCUT2D eigenvalue weighted by molar-refractivity contribution is -0.118. The highest BCUT2D eigenvalue weighted by Gasteiger charge is 2.44. The number of aliphatic hydroxyl groups is 3. The van der Waals surface area contributed by atoms with Crippen molar-refractivity contribution in [1.29, 1.82) is 0 Å². The maximum absolute atomic E-state index is 12.7. The van der Waals surface area contributed by atoms with Gasteiger partial charge in [-0.15, -0.1) is 0 Å². The van der Waals surface area contributed by atoms with Crippen LogP contribution in [-0.2, 0) is 16.1 Å². The molecule has 3 aromatic rings. The van der Waals surface area contributed by atoms with Crippen LogP contribution in [0.2, 0.25) is 0 Å². The fourth-order valence-electron chi connectivity index (χ4n) is 5.20. The molecule has 37 heavy (non-hydrogen) atoms. The molecule has 11 heteroatoms. The maximum atomic E-state index is 12.7. The minimum absolute atomic E-state index is 0.00518. The van der Waals surface area contributed by atoms with Gasteiger partial charge in [-0.25, -0.2) is 15.0 Å². The Morgan fingerprint density at radius 3 is 2.59 bits per heavy atom. The number of allylic oxidation sites excluding steroid dienone is 3. The number of rotatable bonds is 7. The molecule has 192 valence electrons. The van der Waals surface area contributed by atoms with Crippen LogP contribution in [0, 0.1) is 11.8 Å². The van der Waals surface area contributed by atoms with Gasteiger partial charge in [-0.2, -0.15) is 0 Å². The second-order valence-electron chi connectivity index (χ2n) is 9.63. The normalized spacial score (nSPS) is 28.5. The second-order valence-corrected chi connectivity index (χ2v) is 9.63. The Morgan fingerprint density at radius 1 is 1.08 bits per heavy atom. The zero-order valence-corrected chi connectivity index (χ0v) is 19.9. The van der Waals surface area contributed by atoms with Gasteiger partial charge in [-0.3, -0.25) is 9.36 Å². The smallest absolute Gasteiger partial charge is 0.247 e. The topological polar surface area (TPSA) is 155 Å². The number of hydrogen-bond acceptors (Lipinski definition) is 9. The van der Waals surface area contributed by atoms with E-state index in [1.807, 2.05) is 24.3 Å². The minimum atomic E-state index is -1.24. The Labute approximate surface area is 212 Å². The summed E-state index contributed by atoms with van der Waals surface area (Å²) in [7, 11) is 0. The third-order valence-corrected chi connectivity index (χ3v) is 7.28. The molecule has 7 rings (SSSR count). The Balaban J connectivity index is 1.12. The number of fused-ring (bicyclic) bond motifs is 2. The number of carbonyl (C=O) groups excluding carboxylic acids is 1. The van der Waals surface area contributed by atoms with Gasteiger partial charge in [0.2, 0.25) is 5.91 Å². The van der Waals surface area contributed by atoms with Crippen LogP contribution in [0.3, 0.4) is 0 Å². The summed E-state index contributed by atoms with van der Waals surface area (Å²) in [6.45, 7) is 0.0170. The molecule has 1 fully saturated rings. The zero-order valence-electron chi connectivity index (χ0n) is 19.9. The van der Waals surface area contributed by atoms with E-state index >= 15 is 0 Å². The van der Waals surface area contributed by atoms with Crippen molar-refractivity contribution in [3.8, 4) is 0 Å². The molecule has 3 aliphatic carbocycles. The van der Waals surface area contributed by atoms with Crippen LogP contribution in [0.15, 0.2) is 60.7 Å². The minimum Gasteiger partial charge on any atom is -0.394 e. The van der Waals surface area contributed by atoms with Crippen LogP contribution in [0.4, 0.5) is 11.5 Å². The summed E-state index contributed by atoms with van der Waals surface area (Å²) >= 11 is 0. The van der Waals surface area contributed by atoms with E-state index in [4.69, 9.17) is 4.74 Å². The number of amides is 1. The van der Waals surface area contributed by atoms with Gasteiger partial charge in [0.25, 0.3) is 0 Å². The summed E-state index contributed by atoms with van der Waals surface area (Å²) in [6.07, 6.45) is 7.12. The maximum Gasteiger partial charge on any atom is 0.247 e. The first kappa shape index (κ1) is 23.7. The van der Waals surface area contributed by atoms with Crippen LogP contribution >= 0.6 is 0 Å². The van der Waals surface area contributed by atoms with E-state index in [0.29, 0.717) is 29.4 Å². The van der Waals surface area contributed by atoms with Crippen molar-refractivity contribution < 1.29 is 24.9 Å². The van der Waals surface area contributed by atoms with Crippen LogP contribution in [-0.4, -0.2) is 65.7 Å². The number of imidazole rings is 1. The number of ether oxygens (including phenoxy) is 1. The number of anilines is 2. The fourth-order valence-corrected chi connectivity index (χ4v) is 5.20. The van der Waals surface area contributed by atoms with Crippen molar-refractivity contribution >= 4 is 28.6 Å². The number of aliphatic hydroxyl groups excluding tert-OH is 3. The number of nitrogens with zero attached hydrogens (tertiary/aromatic N) is 4. The van der Waals surface area contributed by atoms with Gasteiger partial charge in [-0.05, 0) is 36.5 Å². The third kappa shape index (κ3) is 4.40. The van der Waals surface area contributed by atoms with Gasteiger partial charge < -0.3 is 30.7 Å². The zero-order chi connectivity index (χ0) is 25.5. The number of hydrogen-bond donors (Lipinski definition) is 5. The first-order valence-electron chi connectivity index (χ1n) is 12.4. The number of benzene rings is 1. The molecule has 1 aromatic carbocycles. The lowest BCUT2D eigenvalue weighted by Gasteiger charge is -2.29. The van der Waals surface area contributed by atoms with Gasteiger partial charge in [0, 0.05) is 23.7 Å². The summed E-state index contributed by atoms with van der Waals surface area (Å²) in [5.41, 5.74) is 3.49. The molecule has 0 spiro atoms. The largest absolute Gasteiger partial charge is 0.394 e. The quantitative estimate of drug-likeness (QED) is 0.300. The van der Waals surface area contributed by atoms with E-state index in [0.717, 1.165) is 29.7 Å². The van der Waals surface area contributed by atoms with E-state index in [9.17, 15) is 20.1 Å². The molecule has 4 aliphatic rings. The van der Waals surface area contributed by atoms with Crippen LogP contribution in [0.1, 0.15) is 24.6 Å². The fraction of sp³-hybridized carbons (Fsp3) is 0.385. The van der Waals surface area contributed by atoms with Gasteiger partial charge >= 0.3 is 0 Å². The van der Waals surface area contributed by atoms with E-state index in [-0.39, 0.29) is 11.8 Å². The third-order valence-electron chi connectivity index (χ3n) is 7.28. The molecule has 5 N–H and O–H groups in total. The SMILES string of the molecule is O=C(NCc1ccc(Nc2ncnc3c2ncn3[C@@H]2O[C@H](CO)[C@@H](O)[C@H]2O)cc1)C1=CC2C=CC1CC2. The molecule has 1 amide bonds. The Morgan fingerprint density at radius 2 is 1.92 bits per heavy atom. The van der Waals surface area contributed by atoms with E-state index < -0.39 is 31.1 Å². The van der Waals surface area contributed by atoms with Crippen molar-refractivity contribution in [2.75, 3.05) is 11.9 Å². The average Bonchev–Trinajstić information content (AvgIpc) is 3.49. The summed E-state index contributed by atoms with van der Waals surface area (Å²) in [5, 5.41) is 36.1. The average molecular weight is 505 g/mol. The number of aromatic nitrogens is 4. The van der Waals surface area contributed by atoms with Crippen LogP contribution < -0.4 is 10.6 Å². The Kier molecular flexibility index (Phi) is 6.21. The molecule has 1 saturated heterocycles. The van der Waals surface area contributed by atoms with Crippen molar-refractivity contribution in [2.24, 2.45) is 11.8 Å². The van der Waals surface area contributed by atoms with Gasteiger partial charge in [0.15, 0.2) is 23.2 Å². The van der Waals surface area contributed by atoms with Crippen LogP contribution in [0.5, 0.6) is 0 Å². The van der Waals surface area contributed by atoms with Crippen molar-refractivity contribution in [2.45, 2.75) is 43.9 Å². The molecule has 1 aliphatic heterocycles. The van der Waals surface area contributed by atoms with Gasteiger partial charge in [-0.1, -0.05) is 30.4 Å². The highest BCUT2D eigenvalue weighted by Crippen LogP contribution is 2.36. The molecule has 0 saturated carbocycles. The van der Waals surface area contributed by atoms with Gasteiger partial charge in [0.1, 0.15) is 24.6 Å². The molecule has 2 unspecified atom stereocenters. The Hall–Kier alpha value is -3.64. The van der Waals surface area contributed by atoms with Gasteiger partial charge in [0.05, 0.1) is 12.9 Å². The lowest BCUT2D eigenvalue weighted by Crippen LogP contribution is -2.33. The van der Waals surface area contributed by atoms with Crippen molar-refractivity contribution in [3.63, 3.8) is 0 Å². The molecular weight excluding hydrogens is 476 g/mol. The molecule has 2 aromatic heterocycles. The van der Waals surface area contributed by atoms with Crippen molar-refractivity contribution in [3.05, 3.63) is 66.3 Å². The lowest BCUT2D eigenvalue weighted by atomic mass is 9.76. The molecule has 6 atom stereocenters. The first-order valence-corrected chi connectivity index (χ1v) is 12.4. The molecule has 0 radical (unpaired) electrons. The summed E-state index contributed by atoms with van der Waals surface area (Å²) < 4.78 is 7.12. The molecule has 3 heterocycles. The molecule has 2 bridgehead atoms. The predicted molar refractivity (Wildman–Crippen MR) is 133 cm³/mol. The number of nitrogens with one attached hydrogen (secondary N) is 2. The summed E-state index contributed by atoms with van der Waals surface area (Å²) in [6, 6.07) is 7.65. The predicted octanol–water partition coefficient (Wildman–Crippen LogP) is 1.32. The van der Waals surface area contributed by atoms with Crippen molar-refractivity contribution in [1.82, 2.24) is 24.8 Å². The Bertz CT molecular complexity index is 1370. The highest BCUT2D eigenvalue weighted by molar-refractivity contribution is 5.94. The number of carbonyl (C=O) groups is 1. The summed E-state index contributed by atoms with van der Waals surface area (Å²) in [4.78, 5) is 25.6. The second kappa shape index (κ2) is 9.67. The van der Waals surface area contributed by atoms with E-state index in [2.05, 4.69) is 43.8 Å².